The molecule has 0 spiro atoms. The highest BCUT2D eigenvalue weighted by atomic mass is 16.4. The maximum Gasteiger partial charge on any atom is 0.354 e. The van der Waals surface area contributed by atoms with E-state index in [0.29, 0.717) is 12.2 Å². The summed E-state index contributed by atoms with van der Waals surface area (Å²) in [4.78, 5) is 14.6. The van der Waals surface area contributed by atoms with Crippen LogP contribution in [0.2, 0.25) is 0 Å². The summed E-state index contributed by atoms with van der Waals surface area (Å²) in [6.07, 6.45) is 0.815. The molecule has 0 fully saturated rings. The number of aliphatic hydroxyl groups excluding tert-OH is 1. The second-order valence-corrected chi connectivity index (χ2v) is 3.49. The summed E-state index contributed by atoms with van der Waals surface area (Å²) < 4.78 is 0. The minimum absolute atomic E-state index is 0.0234. The largest absolute Gasteiger partial charge is 0.477 e. The molecule has 1 heterocycles. The number of carboxylic acid groups (broad SMARTS) is 1. The summed E-state index contributed by atoms with van der Waals surface area (Å²) in [5.41, 5.74) is 0.697. The number of carboxylic acids is 1. The molecule has 3 N–H and O–H groups in total. The first-order valence-electron chi connectivity index (χ1n) is 5.20. The molecule has 5 heteroatoms. The monoisotopic (exact) mass is 224 g/mol. The van der Waals surface area contributed by atoms with Crippen LogP contribution in [-0.4, -0.2) is 33.8 Å². The van der Waals surface area contributed by atoms with E-state index in [2.05, 4.69) is 10.3 Å². The van der Waals surface area contributed by atoms with Crippen LogP contribution >= 0.6 is 0 Å². The van der Waals surface area contributed by atoms with Gasteiger partial charge in [0.05, 0.1) is 12.3 Å². The first kappa shape index (κ1) is 12.6. The molecule has 5 nitrogen and oxygen atoms in total. The fraction of sp³-hybridized carbons (Fsp3) is 0.455. The molecule has 16 heavy (non-hydrogen) atoms. The number of pyridine rings is 1. The third-order valence-corrected chi connectivity index (χ3v) is 2.31. The summed E-state index contributed by atoms with van der Waals surface area (Å²) >= 11 is 0. The topological polar surface area (TPSA) is 82.5 Å². The number of carbonyl (C=O) groups is 1. The fourth-order valence-corrected chi connectivity index (χ4v) is 1.28. The predicted octanol–water partition coefficient (Wildman–Crippen LogP) is 0.640. The average Bonchev–Trinajstić information content (AvgIpc) is 2.31. The van der Waals surface area contributed by atoms with Gasteiger partial charge in [0.2, 0.25) is 0 Å². The quantitative estimate of drug-likeness (QED) is 0.660. The zero-order valence-corrected chi connectivity index (χ0v) is 9.18. The van der Waals surface area contributed by atoms with E-state index in [9.17, 15) is 4.79 Å². The van der Waals surface area contributed by atoms with Crippen LogP contribution in [0.5, 0.6) is 0 Å². The number of aliphatic hydroxyl groups is 1. The van der Waals surface area contributed by atoms with E-state index in [4.69, 9.17) is 10.2 Å². The predicted molar refractivity (Wildman–Crippen MR) is 59.2 cm³/mol. The highest BCUT2D eigenvalue weighted by Crippen LogP contribution is 2.00. The van der Waals surface area contributed by atoms with E-state index in [1.165, 1.54) is 6.07 Å². The first-order valence-corrected chi connectivity index (χ1v) is 5.20. The number of nitrogens with zero attached hydrogens (tertiary/aromatic N) is 1. The van der Waals surface area contributed by atoms with Crippen LogP contribution in [0.25, 0.3) is 0 Å². The van der Waals surface area contributed by atoms with Crippen LogP contribution in [0, 0.1) is 0 Å². The molecule has 0 aromatic carbocycles. The lowest BCUT2D eigenvalue weighted by atomic mass is 10.2. The third-order valence-electron chi connectivity index (χ3n) is 2.31. The van der Waals surface area contributed by atoms with Gasteiger partial charge in [-0.25, -0.2) is 9.78 Å². The molecule has 1 aromatic rings. The van der Waals surface area contributed by atoms with Gasteiger partial charge in [-0.1, -0.05) is 13.0 Å². The van der Waals surface area contributed by atoms with Gasteiger partial charge >= 0.3 is 5.97 Å². The summed E-state index contributed by atoms with van der Waals surface area (Å²) in [7, 11) is 0. The Morgan fingerprint density at radius 3 is 2.88 bits per heavy atom. The van der Waals surface area contributed by atoms with Gasteiger partial charge in [-0.3, -0.25) is 0 Å². The molecule has 1 rings (SSSR count). The van der Waals surface area contributed by atoms with Crippen molar-refractivity contribution in [1.29, 1.82) is 0 Å². The molecule has 1 unspecified atom stereocenters. The van der Waals surface area contributed by atoms with E-state index < -0.39 is 5.97 Å². The molecule has 0 saturated carbocycles. The van der Waals surface area contributed by atoms with Crippen LogP contribution in [0.3, 0.4) is 0 Å². The second kappa shape index (κ2) is 6.19. The SMILES string of the molecule is CCC(CO)NCc1cccc(C(=O)O)n1. The van der Waals surface area contributed by atoms with E-state index in [1.54, 1.807) is 12.1 Å². The van der Waals surface area contributed by atoms with E-state index in [1.807, 2.05) is 6.92 Å². The molecular formula is C11H16N2O3. The minimum atomic E-state index is -1.03. The smallest absolute Gasteiger partial charge is 0.354 e. The number of hydrogen-bond donors (Lipinski definition) is 3. The average molecular weight is 224 g/mol. The van der Waals surface area contributed by atoms with Crippen LogP contribution in [-0.2, 0) is 6.54 Å². The molecule has 0 radical (unpaired) electrons. The summed E-state index contributed by atoms with van der Waals surface area (Å²) in [5.74, 6) is -1.03. The van der Waals surface area contributed by atoms with Gasteiger partial charge < -0.3 is 15.5 Å². The Labute approximate surface area is 94.1 Å². The van der Waals surface area contributed by atoms with Crippen molar-refractivity contribution >= 4 is 5.97 Å². The lowest BCUT2D eigenvalue weighted by Gasteiger charge is -2.13. The van der Waals surface area contributed by atoms with Gasteiger partial charge in [0.25, 0.3) is 0 Å². The number of hydrogen-bond acceptors (Lipinski definition) is 4. The third kappa shape index (κ3) is 3.60. The van der Waals surface area contributed by atoms with Crippen molar-refractivity contribution < 1.29 is 15.0 Å². The Hall–Kier alpha value is -1.46. The number of aromatic nitrogens is 1. The van der Waals surface area contributed by atoms with Crippen LogP contribution in [0.1, 0.15) is 29.5 Å². The number of nitrogens with one attached hydrogen (secondary N) is 1. The van der Waals surface area contributed by atoms with E-state index in [0.717, 1.165) is 6.42 Å². The Morgan fingerprint density at radius 2 is 2.31 bits per heavy atom. The van der Waals surface area contributed by atoms with Crippen molar-refractivity contribution in [2.45, 2.75) is 25.9 Å². The molecule has 0 aliphatic carbocycles. The molecular weight excluding hydrogens is 208 g/mol. The van der Waals surface area contributed by atoms with Gasteiger partial charge in [0.1, 0.15) is 5.69 Å². The molecule has 0 saturated heterocycles. The van der Waals surface area contributed by atoms with Crippen molar-refractivity contribution in [1.82, 2.24) is 10.3 Å². The fourth-order valence-electron chi connectivity index (χ4n) is 1.28. The summed E-state index contributed by atoms with van der Waals surface area (Å²) in [5, 5.41) is 20.8. The number of aromatic carboxylic acids is 1. The molecule has 0 bridgehead atoms. The molecule has 0 aliphatic heterocycles. The number of rotatable bonds is 6. The maximum atomic E-state index is 10.7. The minimum Gasteiger partial charge on any atom is -0.477 e. The van der Waals surface area contributed by atoms with Crippen LogP contribution < -0.4 is 5.32 Å². The maximum absolute atomic E-state index is 10.7. The molecule has 0 amide bonds. The van der Waals surface area contributed by atoms with Crippen molar-refractivity contribution in [3.05, 3.63) is 29.6 Å². The Balaban J connectivity index is 2.60. The van der Waals surface area contributed by atoms with Crippen molar-refractivity contribution in [2.75, 3.05) is 6.61 Å². The van der Waals surface area contributed by atoms with Gasteiger partial charge in [0, 0.05) is 12.6 Å². The van der Waals surface area contributed by atoms with Crippen LogP contribution in [0.4, 0.5) is 0 Å². The van der Waals surface area contributed by atoms with Crippen molar-refractivity contribution in [3.63, 3.8) is 0 Å². The van der Waals surface area contributed by atoms with Crippen molar-refractivity contribution in [2.24, 2.45) is 0 Å². The second-order valence-electron chi connectivity index (χ2n) is 3.49. The summed E-state index contributed by atoms with van der Waals surface area (Å²) in [6, 6.07) is 4.89. The Morgan fingerprint density at radius 1 is 1.56 bits per heavy atom. The molecule has 1 atom stereocenters. The molecule has 1 aromatic heterocycles. The van der Waals surface area contributed by atoms with Gasteiger partial charge in [0.15, 0.2) is 0 Å². The Kier molecular flexibility index (Phi) is 4.88. The first-order chi connectivity index (χ1) is 7.67. The normalized spacial score (nSPS) is 12.4. The zero-order chi connectivity index (χ0) is 12.0. The highest BCUT2D eigenvalue weighted by Gasteiger charge is 2.07. The van der Waals surface area contributed by atoms with Crippen molar-refractivity contribution in [3.8, 4) is 0 Å². The highest BCUT2D eigenvalue weighted by molar-refractivity contribution is 5.85. The van der Waals surface area contributed by atoms with E-state index >= 15 is 0 Å². The Bertz CT molecular complexity index is 351. The molecule has 0 aliphatic rings. The van der Waals surface area contributed by atoms with Gasteiger partial charge in [-0.15, -0.1) is 0 Å². The summed E-state index contributed by atoms with van der Waals surface area (Å²) in [6.45, 7) is 2.49. The van der Waals surface area contributed by atoms with Gasteiger partial charge in [-0.05, 0) is 18.6 Å². The lowest BCUT2D eigenvalue weighted by molar-refractivity contribution is 0.0690. The van der Waals surface area contributed by atoms with Gasteiger partial charge in [-0.2, -0.15) is 0 Å². The lowest BCUT2D eigenvalue weighted by Crippen LogP contribution is -2.31. The van der Waals surface area contributed by atoms with E-state index in [-0.39, 0.29) is 18.3 Å². The molecule has 88 valence electrons. The van der Waals surface area contributed by atoms with Crippen LogP contribution in [0.15, 0.2) is 18.2 Å². The zero-order valence-electron chi connectivity index (χ0n) is 9.18. The standard InChI is InChI=1S/C11H16N2O3/c1-2-8(7-14)12-6-9-4-3-5-10(13-9)11(15)16/h3-5,8,12,14H,2,6-7H2,1H3,(H,15,16).